The van der Waals surface area contributed by atoms with Gasteiger partial charge in [0, 0.05) is 10.8 Å². The maximum Gasteiger partial charge on any atom is 0.357 e. The van der Waals surface area contributed by atoms with E-state index in [0.29, 0.717) is 22.2 Å². The van der Waals surface area contributed by atoms with Crippen LogP contribution in [0, 0.1) is 6.92 Å². The zero-order chi connectivity index (χ0) is 21.0. The molecule has 1 heterocycles. The zero-order valence-corrected chi connectivity index (χ0v) is 16.4. The van der Waals surface area contributed by atoms with E-state index >= 15 is 0 Å². The lowest BCUT2D eigenvalue weighted by molar-refractivity contribution is 0.0552. The number of fused-ring (bicyclic) bond motifs is 1. The van der Waals surface area contributed by atoms with Crippen LogP contribution in [0.4, 0.5) is 11.5 Å². The van der Waals surface area contributed by atoms with Crippen LogP contribution in [0.15, 0.2) is 52.7 Å². The molecule has 0 saturated carbocycles. The maximum absolute atomic E-state index is 12.4. The van der Waals surface area contributed by atoms with Crippen molar-refractivity contribution in [3.8, 4) is 5.75 Å². The van der Waals surface area contributed by atoms with E-state index < -0.39 is 11.9 Å². The van der Waals surface area contributed by atoms with Gasteiger partial charge in [-0.25, -0.2) is 14.6 Å². The van der Waals surface area contributed by atoms with Gasteiger partial charge in [0.15, 0.2) is 11.5 Å². The van der Waals surface area contributed by atoms with Gasteiger partial charge in [-0.3, -0.25) is 0 Å². The fourth-order valence-corrected chi connectivity index (χ4v) is 2.75. The maximum atomic E-state index is 12.4. The third-order valence-electron chi connectivity index (χ3n) is 4.25. The Kier molecular flexibility index (Phi) is 5.82. The zero-order valence-electron chi connectivity index (χ0n) is 16.4. The molecule has 0 bridgehead atoms. The highest BCUT2D eigenvalue weighted by atomic mass is 16.5. The summed E-state index contributed by atoms with van der Waals surface area (Å²) < 4.78 is 14.9. The third-order valence-corrected chi connectivity index (χ3v) is 4.25. The molecule has 3 aromatic rings. The average molecular weight is 393 g/mol. The summed E-state index contributed by atoms with van der Waals surface area (Å²) in [5.41, 5.74) is 1.48. The van der Waals surface area contributed by atoms with Crippen LogP contribution < -0.4 is 4.74 Å². The summed E-state index contributed by atoms with van der Waals surface area (Å²) in [6.45, 7) is 1.97. The van der Waals surface area contributed by atoms with Gasteiger partial charge in [0.2, 0.25) is 0 Å². The molecule has 8 heteroatoms. The number of pyridine rings is 1. The SMILES string of the molecule is COC(=O)c1nc(N=Nc2ccc(C)cc2)c2ccc(OC)cc2c1C(=O)OC. The van der Waals surface area contributed by atoms with Crippen molar-refractivity contribution in [2.75, 3.05) is 21.3 Å². The number of ether oxygens (including phenoxy) is 3. The number of esters is 2. The summed E-state index contributed by atoms with van der Waals surface area (Å²) >= 11 is 0. The number of hydrogen-bond donors (Lipinski definition) is 0. The van der Waals surface area contributed by atoms with Gasteiger partial charge in [-0.05, 0) is 37.3 Å². The Morgan fingerprint density at radius 2 is 1.55 bits per heavy atom. The van der Waals surface area contributed by atoms with Crippen LogP contribution in [-0.4, -0.2) is 38.3 Å². The van der Waals surface area contributed by atoms with E-state index in [9.17, 15) is 9.59 Å². The topological polar surface area (TPSA) is 99.4 Å². The number of hydrogen-bond acceptors (Lipinski definition) is 8. The van der Waals surface area contributed by atoms with E-state index in [-0.39, 0.29) is 17.1 Å². The van der Waals surface area contributed by atoms with E-state index in [1.54, 1.807) is 18.2 Å². The van der Waals surface area contributed by atoms with Gasteiger partial charge in [0.05, 0.1) is 27.0 Å². The van der Waals surface area contributed by atoms with Gasteiger partial charge in [0.25, 0.3) is 0 Å². The first-order chi connectivity index (χ1) is 14.0. The highest BCUT2D eigenvalue weighted by Crippen LogP contribution is 2.33. The molecule has 1 aromatic heterocycles. The highest BCUT2D eigenvalue weighted by Gasteiger charge is 2.26. The van der Waals surface area contributed by atoms with Crippen molar-refractivity contribution in [2.45, 2.75) is 6.92 Å². The molecule has 0 aliphatic heterocycles. The first kappa shape index (κ1) is 19.9. The summed E-state index contributed by atoms with van der Waals surface area (Å²) in [6.07, 6.45) is 0. The molecule has 0 saturated heterocycles. The lowest BCUT2D eigenvalue weighted by Gasteiger charge is -2.12. The van der Waals surface area contributed by atoms with Crippen molar-refractivity contribution in [2.24, 2.45) is 10.2 Å². The predicted molar refractivity (Wildman–Crippen MR) is 106 cm³/mol. The molecule has 0 aliphatic rings. The van der Waals surface area contributed by atoms with Gasteiger partial charge in [-0.15, -0.1) is 10.2 Å². The largest absolute Gasteiger partial charge is 0.497 e. The van der Waals surface area contributed by atoms with Crippen molar-refractivity contribution in [3.63, 3.8) is 0 Å². The summed E-state index contributed by atoms with van der Waals surface area (Å²) in [7, 11) is 3.92. The van der Waals surface area contributed by atoms with Gasteiger partial charge in [0.1, 0.15) is 11.3 Å². The second-order valence-corrected chi connectivity index (χ2v) is 6.09. The monoisotopic (exact) mass is 393 g/mol. The molecule has 0 radical (unpaired) electrons. The van der Waals surface area contributed by atoms with Crippen LogP contribution >= 0.6 is 0 Å². The van der Waals surface area contributed by atoms with Crippen molar-refractivity contribution in [1.29, 1.82) is 0 Å². The Hall–Kier alpha value is -3.81. The van der Waals surface area contributed by atoms with E-state index in [4.69, 9.17) is 14.2 Å². The second kappa shape index (κ2) is 8.47. The molecule has 0 N–H and O–H groups in total. The number of azo groups is 1. The standard InChI is InChI=1S/C21H19N3O5/c1-12-5-7-13(8-6-12)23-24-19-15-10-9-14(27-2)11-16(15)17(20(25)28-3)18(22-19)21(26)29-4/h5-11H,1-4H3. The van der Waals surface area contributed by atoms with Gasteiger partial charge in [-0.2, -0.15) is 0 Å². The Labute approximate surface area is 167 Å². The smallest absolute Gasteiger partial charge is 0.357 e. The Morgan fingerprint density at radius 1 is 0.862 bits per heavy atom. The molecule has 2 aromatic carbocycles. The number of carbonyl (C=O) groups is 2. The molecule has 8 nitrogen and oxygen atoms in total. The fourth-order valence-electron chi connectivity index (χ4n) is 2.75. The average Bonchev–Trinajstić information content (AvgIpc) is 2.76. The van der Waals surface area contributed by atoms with E-state index in [0.717, 1.165) is 5.56 Å². The van der Waals surface area contributed by atoms with Crippen LogP contribution in [0.2, 0.25) is 0 Å². The molecule has 29 heavy (non-hydrogen) atoms. The quantitative estimate of drug-likeness (QED) is 0.466. The number of benzene rings is 2. The molecular weight excluding hydrogens is 374 g/mol. The third kappa shape index (κ3) is 4.06. The van der Waals surface area contributed by atoms with Crippen molar-refractivity contribution >= 4 is 34.2 Å². The number of aryl methyl sites for hydroxylation is 1. The second-order valence-electron chi connectivity index (χ2n) is 6.09. The fraction of sp³-hybridized carbons (Fsp3) is 0.190. The number of nitrogens with zero attached hydrogens (tertiary/aromatic N) is 3. The Bertz CT molecular complexity index is 1110. The van der Waals surface area contributed by atoms with Gasteiger partial charge in [-0.1, -0.05) is 17.7 Å². The van der Waals surface area contributed by atoms with Crippen molar-refractivity contribution in [3.05, 3.63) is 59.3 Å². The Morgan fingerprint density at radius 3 is 2.17 bits per heavy atom. The number of rotatable bonds is 5. The molecule has 0 unspecified atom stereocenters. The van der Waals surface area contributed by atoms with E-state index in [1.165, 1.54) is 21.3 Å². The minimum Gasteiger partial charge on any atom is -0.497 e. The summed E-state index contributed by atoms with van der Waals surface area (Å²) in [4.78, 5) is 29.0. The van der Waals surface area contributed by atoms with Crippen LogP contribution in [-0.2, 0) is 9.47 Å². The highest BCUT2D eigenvalue weighted by molar-refractivity contribution is 6.13. The van der Waals surface area contributed by atoms with Gasteiger partial charge >= 0.3 is 11.9 Å². The molecule has 0 amide bonds. The summed E-state index contributed by atoms with van der Waals surface area (Å²) in [6, 6.07) is 12.4. The predicted octanol–water partition coefficient (Wildman–Crippen LogP) is 4.54. The van der Waals surface area contributed by atoms with E-state index in [1.807, 2.05) is 31.2 Å². The minimum absolute atomic E-state index is 0.0254. The number of aromatic nitrogens is 1. The molecule has 148 valence electrons. The normalized spacial score (nSPS) is 10.9. The van der Waals surface area contributed by atoms with Crippen LogP contribution in [0.3, 0.4) is 0 Å². The number of carbonyl (C=O) groups excluding carboxylic acids is 2. The van der Waals surface area contributed by atoms with Crippen LogP contribution in [0.25, 0.3) is 10.8 Å². The molecule has 0 fully saturated rings. The van der Waals surface area contributed by atoms with Crippen molar-refractivity contribution < 1.29 is 23.8 Å². The lowest BCUT2D eigenvalue weighted by atomic mass is 10.0. The van der Waals surface area contributed by atoms with Crippen LogP contribution in [0.5, 0.6) is 5.75 Å². The molecule has 0 aliphatic carbocycles. The first-order valence-electron chi connectivity index (χ1n) is 8.65. The number of methoxy groups -OCH3 is 3. The lowest BCUT2D eigenvalue weighted by Crippen LogP contribution is -2.14. The molecule has 0 spiro atoms. The molecule has 3 rings (SSSR count). The summed E-state index contributed by atoms with van der Waals surface area (Å²) in [5.74, 6) is -0.859. The summed E-state index contributed by atoms with van der Waals surface area (Å²) in [5, 5.41) is 9.30. The Balaban J connectivity index is 2.28. The van der Waals surface area contributed by atoms with Gasteiger partial charge < -0.3 is 14.2 Å². The molecular formula is C21H19N3O5. The minimum atomic E-state index is -0.790. The van der Waals surface area contributed by atoms with E-state index in [2.05, 4.69) is 15.2 Å². The molecule has 0 atom stereocenters. The van der Waals surface area contributed by atoms with Crippen LogP contribution in [0.1, 0.15) is 26.4 Å². The first-order valence-corrected chi connectivity index (χ1v) is 8.65. The van der Waals surface area contributed by atoms with Crippen molar-refractivity contribution in [1.82, 2.24) is 4.98 Å².